The normalized spacial score (nSPS) is 17.5. The number of aryl methyl sites for hydroxylation is 1. The number of imidazole rings is 1. The van der Waals surface area contributed by atoms with Crippen molar-refractivity contribution in [3.05, 3.63) is 64.5 Å². The highest BCUT2D eigenvalue weighted by Crippen LogP contribution is 2.35. The lowest BCUT2D eigenvalue weighted by Gasteiger charge is -2.32. The Morgan fingerprint density at radius 2 is 1.87 bits per heavy atom. The van der Waals surface area contributed by atoms with Crippen molar-refractivity contribution in [3.63, 3.8) is 0 Å². The number of likely N-dealkylation sites (N-methyl/N-ethyl adjacent to an activating group) is 1. The van der Waals surface area contributed by atoms with Gasteiger partial charge in [0.2, 0.25) is 0 Å². The number of piperazine rings is 1. The van der Waals surface area contributed by atoms with Gasteiger partial charge in [0.1, 0.15) is 11.3 Å². The first kappa shape index (κ1) is 20.3. The zero-order chi connectivity index (χ0) is 21.7. The van der Waals surface area contributed by atoms with Crippen LogP contribution in [0, 0.1) is 12.7 Å². The Hall–Kier alpha value is -2.57. The molecule has 0 saturated carbocycles. The lowest BCUT2D eigenvalue weighted by Crippen LogP contribution is -2.43. The van der Waals surface area contributed by atoms with E-state index in [9.17, 15) is 0 Å². The zero-order valence-electron chi connectivity index (χ0n) is 18.8. The molecular formula is C25H30FN5. The van der Waals surface area contributed by atoms with Gasteiger partial charge in [-0.25, -0.2) is 9.37 Å². The number of benzene rings is 1. The van der Waals surface area contributed by atoms with Crippen molar-refractivity contribution >= 4 is 16.6 Å². The fourth-order valence-corrected chi connectivity index (χ4v) is 4.94. The molecule has 1 saturated heterocycles. The average Bonchev–Trinajstić information content (AvgIpc) is 3.30. The van der Waals surface area contributed by atoms with E-state index in [2.05, 4.69) is 58.5 Å². The molecule has 3 aromatic rings. The summed E-state index contributed by atoms with van der Waals surface area (Å²) in [6, 6.07) is 6.20. The van der Waals surface area contributed by atoms with Crippen molar-refractivity contribution in [2.24, 2.45) is 0 Å². The minimum absolute atomic E-state index is 0.223. The molecule has 5 nitrogen and oxygen atoms in total. The third-order valence-electron chi connectivity index (χ3n) is 6.57. The molecule has 2 aromatic heterocycles. The van der Waals surface area contributed by atoms with Crippen LogP contribution in [0.3, 0.4) is 0 Å². The lowest BCUT2D eigenvalue weighted by molar-refractivity contribution is 0.148. The van der Waals surface area contributed by atoms with Gasteiger partial charge in [0.05, 0.1) is 11.2 Å². The van der Waals surface area contributed by atoms with Crippen LogP contribution in [0.25, 0.3) is 16.6 Å². The van der Waals surface area contributed by atoms with E-state index in [1.165, 1.54) is 5.56 Å². The molecule has 1 aromatic carbocycles. The maximum atomic E-state index is 15.0. The largest absolute Gasteiger partial charge is 0.326 e. The SMILES string of the molecule is Cc1nc2c(F)cc(C3=CCc4ncc(CN5CCN(C)CC5)cc43)cc2n1C(C)C. The standard InChI is InChI=1S/C25H30FN5/c1-16(2)31-17(3)28-25-22(26)12-19(13-24(25)31)20-5-6-23-21(20)11-18(14-27-23)15-30-9-7-29(4)8-10-30/h5,11-14,16H,6-10,15H2,1-4H3. The van der Waals surface area contributed by atoms with Crippen LogP contribution < -0.4 is 0 Å². The number of fused-ring (bicyclic) bond motifs is 2. The highest BCUT2D eigenvalue weighted by Gasteiger charge is 2.22. The van der Waals surface area contributed by atoms with E-state index in [1.54, 1.807) is 6.07 Å². The van der Waals surface area contributed by atoms with Crippen LogP contribution in [0.1, 0.15) is 48.1 Å². The summed E-state index contributed by atoms with van der Waals surface area (Å²) in [6.45, 7) is 11.4. The number of allylic oxidation sites excluding steroid dienone is 1. The van der Waals surface area contributed by atoms with E-state index in [0.717, 1.165) is 72.9 Å². The van der Waals surface area contributed by atoms with Crippen molar-refractivity contribution in [2.45, 2.75) is 39.8 Å². The van der Waals surface area contributed by atoms with E-state index >= 15 is 4.39 Å². The molecule has 31 heavy (non-hydrogen) atoms. The van der Waals surface area contributed by atoms with Crippen LogP contribution in [-0.4, -0.2) is 57.6 Å². The molecule has 6 heteroatoms. The topological polar surface area (TPSA) is 37.2 Å². The molecule has 0 N–H and O–H groups in total. The monoisotopic (exact) mass is 419 g/mol. The van der Waals surface area contributed by atoms with Crippen LogP contribution in [-0.2, 0) is 13.0 Å². The molecule has 1 aliphatic carbocycles. The maximum absolute atomic E-state index is 15.0. The van der Waals surface area contributed by atoms with Crippen LogP contribution in [0.2, 0.25) is 0 Å². The summed E-state index contributed by atoms with van der Waals surface area (Å²) >= 11 is 0. The number of aromatic nitrogens is 3. The van der Waals surface area contributed by atoms with Gasteiger partial charge in [-0.1, -0.05) is 6.08 Å². The molecule has 1 fully saturated rings. The van der Waals surface area contributed by atoms with Gasteiger partial charge in [-0.15, -0.1) is 0 Å². The van der Waals surface area contributed by atoms with E-state index < -0.39 is 0 Å². The molecular weight excluding hydrogens is 389 g/mol. The van der Waals surface area contributed by atoms with E-state index in [-0.39, 0.29) is 11.9 Å². The quantitative estimate of drug-likeness (QED) is 0.635. The summed E-state index contributed by atoms with van der Waals surface area (Å²) < 4.78 is 17.1. The number of hydrogen-bond donors (Lipinski definition) is 0. The first-order valence-corrected chi connectivity index (χ1v) is 11.2. The third-order valence-corrected chi connectivity index (χ3v) is 6.57. The van der Waals surface area contributed by atoms with Crippen molar-refractivity contribution in [3.8, 4) is 0 Å². The van der Waals surface area contributed by atoms with Gasteiger partial charge in [0, 0.05) is 56.9 Å². The minimum Gasteiger partial charge on any atom is -0.326 e. The van der Waals surface area contributed by atoms with Gasteiger partial charge < -0.3 is 9.47 Å². The van der Waals surface area contributed by atoms with Crippen molar-refractivity contribution < 1.29 is 4.39 Å². The van der Waals surface area contributed by atoms with Crippen LogP contribution in [0.5, 0.6) is 0 Å². The van der Waals surface area contributed by atoms with Crippen LogP contribution in [0.4, 0.5) is 4.39 Å². The first-order valence-electron chi connectivity index (χ1n) is 11.2. The fraction of sp³-hybridized carbons (Fsp3) is 0.440. The molecule has 0 radical (unpaired) electrons. The second-order valence-corrected chi connectivity index (χ2v) is 9.19. The summed E-state index contributed by atoms with van der Waals surface area (Å²) in [5, 5.41) is 0. The Labute approximate surface area is 183 Å². The van der Waals surface area contributed by atoms with E-state index in [1.807, 2.05) is 13.1 Å². The van der Waals surface area contributed by atoms with Crippen molar-refractivity contribution in [2.75, 3.05) is 33.2 Å². The molecule has 0 bridgehead atoms. The number of halogens is 1. The average molecular weight is 420 g/mol. The molecule has 5 rings (SSSR count). The summed E-state index contributed by atoms with van der Waals surface area (Å²) in [5.74, 6) is 0.587. The maximum Gasteiger partial charge on any atom is 0.151 e. The molecule has 0 spiro atoms. The number of rotatable bonds is 4. The molecule has 1 aliphatic heterocycles. The van der Waals surface area contributed by atoms with Gasteiger partial charge >= 0.3 is 0 Å². The Morgan fingerprint density at radius 3 is 2.61 bits per heavy atom. The predicted octanol–water partition coefficient (Wildman–Crippen LogP) is 4.19. The second-order valence-electron chi connectivity index (χ2n) is 9.19. The number of hydrogen-bond acceptors (Lipinski definition) is 4. The minimum atomic E-state index is -0.258. The molecule has 0 atom stereocenters. The molecule has 0 amide bonds. The van der Waals surface area contributed by atoms with E-state index in [0.29, 0.717) is 5.52 Å². The first-order chi connectivity index (χ1) is 14.9. The summed E-state index contributed by atoms with van der Waals surface area (Å²) in [6.07, 6.45) is 4.98. The van der Waals surface area contributed by atoms with Gasteiger partial charge in [-0.3, -0.25) is 9.88 Å². The molecule has 2 aliphatic rings. The van der Waals surface area contributed by atoms with Crippen LogP contribution in [0.15, 0.2) is 30.5 Å². The van der Waals surface area contributed by atoms with Crippen molar-refractivity contribution in [1.82, 2.24) is 24.3 Å². The number of pyridine rings is 1. The van der Waals surface area contributed by atoms with Gasteiger partial charge in [-0.2, -0.15) is 0 Å². The fourth-order valence-electron chi connectivity index (χ4n) is 4.94. The van der Waals surface area contributed by atoms with Gasteiger partial charge in [0.15, 0.2) is 5.82 Å². The van der Waals surface area contributed by atoms with Crippen molar-refractivity contribution in [1.29, 1.82) is 0 Å². The predicted molar refractivity (Wildman–Crippen MR) is 123 cm³/mol. The second kappa shape index (κ2) is 7.84. The molecule has 162 valence electrons. The molecule has 0 unspecified atom stereocenters. The van der Waals surface area contributed by atoms with Crippen LogP contribution >= 0.6 is 0 Å². The molecule has 3 heterocycles. The summed E-state index contributed by atoms with van der Waals surface area (Å²) in [4.78, 5) is 14.1. The Kier molecular flexibility index (Phi) is 5.15. The summed E-state index contributed by atoms with van der Waals surface area (Å²) in [7, 11) is 2.17. The highest BCUT2D eigenvalue weighted by atomic mass is 19.1. The van der Waals surface area contributed by atoms with Gasteiger partial charge in [0.25, 0.3) is 0 Å². The zero-order valence-corrected chi connectivity index (χ0v) is 18.8. The number of nitrogens with zero attached hydrogens (tertiary/aromatic N) is 5. The smallest absolute Gasteiger partial charge is 0.151 e. The Balaban J connectivity index is 1.49. The Morgan fingerprint density at radius 1 is 1.10 bits per heavy atom. The summed E-state index contributed by atoms with van der Waals surface area (Å²) in [5.41, 5.74) is 6.74. The Bertz CT molecular complexity index is 1170. The van der Waals surface area contributed by atoms with E-state index in [4.69, 9.17) is 4.98 Å². The lowest BCUT2D eigenvalue weighted by atomic mass is 9.99. The third kappa shape index (κ3) is 3.68. The highest BCUT2D eigenvalue weighted by molar-refractivity contribution is 5.89. The van der Waals surface area contributed by atoms with Gasteiger partial charge in [-0.05, 0) is 62.7 Å².